The van der Waals surface area contributed by atoms with Crippen LogP contribution in [-0.2, 0) is 15.0 Å². The van der Waals surface area contributed by atoms with Gasteiger partial charge in [-0.3, -0.25) is 0 Å². The van der Waals surface area contributed by atoms with Crippen LogP contribution in [0.25, 0.3) is 0 Å². The molecule has 1 fully saturated rings. The Bertz CT molecular complexity index is 326. The van der Waals surface area contributed by atoms with E-state index in [0.717, 1.165) is 0 Å². The van der Waals surface area contributed by atoms with Crippen molar-refractivity contribution < 1.29 is 14.0 Å². The minimum Gasteiger partial charge on any atom is -0.376 e. The molecule has 2 rings (SSSR count). The Morgan fingerprint density at radius 3 is 2.73 bits per heavy atom. The zero-order chi connectivity index (χ0) is 10.9. The maximum Gasteiger partial charge on any atom is 0.246 e. The first-order chi connectivity index (χ1) is 7.07. The van der Waals surface area contributed by atoms with E-state index in [0.29, 0.717) is 31.5 Å². The van der Waals surface area contributed by atoms with E-state index in [2.05, 4.69) is 10.1 Å². The number of aromatic nitrogens is 2. The summed E-state index contributed by atoms with van der Waals surface area (Å²) in [4.78, 5) is 4.20. The molecule has 0 aromatic carbocycles. The highest BCUT2D eigenvalue weighted by molar-refractivity contribution is 4.99. The number of ether oxygens (including phenoxy) is 2. The summed E-state index contributed by atoms with van der Waals surface area (Å²) in [6, 6.07) is 0. The fourth-order valence-corrected chi connectivity index (χ4v) is 1.26. The molecule has 6 nitrogen and oxygen atoms in total. The summed E-state index contributed by atoms with van der Waals surface area (Å²) in [6.45, 7) is 5.25. The molecule has 1 aromatic rings. The monoisotopic (exact) mass is 213 g/mol. The normalized spacial score (nSPS) is 23.0. The molecule has 0 spiro atoms. The van der Waals surface area contributed by atoms with Crippen LogP contribution in [0.1, 0.15) is 31.7 Å². The third kappa shape index (κ3) is 2.34. The predicted molar refractivity (Wildman–Crippen MR) is 51.0 cm³/mol. The maximum absolute atomic E-state index is 5.83. The van der Waals surface area contributed by atoms with Gasteiger partial charge in [-0.25, -0.2) is 0 Å². The van der Waals surface area contributed by atoms with E-state index in [1.165, 1.54) is 0 Å². The Labute approximate surface area is 87.7 Å². The van der Waals surface area contributed by atoms with Gasteiger partial charge in [-0.2, -0.15) is 4.98 Å². The molecule has 1 saturated heterocycles. The van der Waals surface area contributed by atoms with Gasteiger partial charge in [0, 0.05) is 0 Å². The Kier molecular flexibility index (Phi) is 2.72. The van der Waals surface area contributed by atoms with Crippen LogP contribution in [0.3, 0.4) is 0 Å². The topological polar surface area (TPSA) is 83.4 Å². The van der Waals surface area contributed by atoms with Crippen molar-refractivity contribution in [3.63, 3.8) is 0 Å². The second kappa shape index (κ2) is 3.88. The second-order valence-corrected chi connectivity index (χ2v) is 4.11. The molecule has 0 aliphatic carbocycles. The van der Waals surface area contributed by atoms with Gasteiger partial charge in [0.15, 0.2) is 0 Å². The van der Waals surface area contributed by atoms with E-state index in [4.69, 9.17) is 19.7 Å². The highest BCUT2D eigenvalue weighted by atomic mass is 16.6. The summed E-state index contributed by atoms with van der Waals surface area (Å²) < 4.78 is 15.8. The maximum atomic E-state index is 5.83. The van der Waals surface area contributed by atoms with Crippen LogP contribution >= 0.6 is 0 Å². The van der Waals surface area contributed by atoms with Gasteiger partial charge in [-0.15, -0.1) is 0 Å². The van der Waals surface area contributed by atoms with Gasteiger partial charge in [0.05, 0.1) is 25.4 Å². The molecular formula is C9H15N3O3. The summed E-state index contributed by atoms with van der Waals surface area (Å²) >= 11 is 0. The van der Waals surface area contributed by atoms with Gasteiger partial charge in [-0.05, 0) is 13.8 Å². The van der Waals surface area contributed by atoms with Crippen LogP contribution in [-0.4, -0.2) is 30.0 Å². The first-order valence-electron chi connectivity index (χ1n) is 4.89. The van der Waals surface area contributed by atoms with E-state index >= 15 is 0 Å². The molecule has 0 radical (unpaired) electrons. The molecule has 6 heteroatoms. The van der Waals surface area contributed by atoms with Crippen LogP contribution in [0.4, 0.5) is 0 Å². The van der Waals surface area contributed by atoms with E-state index in [9.17, 15) is 0 Å². The van der Waals surface area contributed by atoms with Crippen molar-refractivity contribution in [2.24, 2.45) is 5.73 Å². The summed E-state index contributed by atoms with van der Waals surface area (Å²) in [5.41, 5.74) is 5.21. The van der Waals surface area contributed by atoms with Crippen LogP contribution in [0.5, 0.6) is 0 Å². The molecule has 84 valence electrons. The molecule has 1 atom stereocenters. The van der Waals surface area contributed by atoms with Crippen molar-refractivity contribution in [2.45, 2.75) is 25.5 Å². The van der Waals surface area contributed by atoms with Crippen LogP contribution in [0.2, 0.25) is 0 Å². The molecule has 2 N–H and O–H groups in total. The molecule has 2 heterocycles. The lowest BCUT2D eigenvalue weighted by molar-refractivity contribution is -0.0941. The van der Waals surface area contributed by atoms with E-state index in [1.54, 1.807) is 0 Å². The first kappa shape index (κ1) is 10.5. The van der Waals surface area contributed by atoms with Crippen LogP contribution < -0.4 is 5.73 Å². The predicted octanol–water partition coefficient (Wildman–Crippen LogP) is 0.351. The van der Waals surface area contributed by atoms with Crippen LogP contribution in [0.15, 0.2) is 4.52 Å². The van der Waals surface area contributed by atoms with Crippen molar-refractivity contribution in [3.8, 4) is 0 Å². The van der Waals surface area contributed by atoms with Crippen molar-refractivity contribution in [2.75, 3.05) is 19.8 Å². The van der Waals surface area contributed by atoms with E-state index < -0.39 is 5.54 Å². The Balaban J connectivity index is 2.12. The third-order valence-electron chi connectivity index (χ3n) is 2.10. The highest BCUT2D eigenvalue weighted by Gasteiger charge is 2.27. The number of nitrogens with two attached hydrogens (primary N) is 1. The molecule has 15 heavy (non-hydrogen) atoms. The van der Waals surface area contributed by atoms with Gasteiger partial charge < -0.3 is 19.7 Å². The van der Waals surface area contributed by atoms with Crippen molar-refractivity contribution in [3.05, 3.63) is 11.7 Å². The van der Waals surface area contributed by atoms with Gasteiger partial charge in [0.25, 0.3) is 0 Å². The summed E-state index contributed by atoms with van der Waals surface area (Å²) in [7, 11) is 0. The minimum atomic E-state index is -0.624. The van der Waals surface area contributed by atoms with Crippen LogP contribution in [0, 0.1) is 0 Å². The Hall–Kier alpha value is -0.980. The van der Waals surface area contributed by atoms with Crippen molar-refractivity contribution >= 4 is 0 Å². The molecule has 0 saturated carbocycles. The highest BCUT2D eigenvalue weighted by Crippen LogP contribution is 2.21. The lowest BCUT2D eigenvalue weighted by Crippen LogP contribution is -2.29. The SMILES string of the molecule is CC(C)(N)c1nc(C2COCCO2)no1. The molecule has 0 bridgehead atoms. The Morgan fingerprint density at radius 2 is 2.20 bits per heavy atom. The number of rotatable bonds is 2. The zero-order valence-electron chi connectivity index (χ0n) is 8.90. The third-order valence-corrected chi connectivity index (χ3v) is 2.10. The molecule has 0 amide bonds. The number of hydrogen-bond donors (Lipinski definition) is 1. The van der Waals surface area contributed by atoms with E-state index in [1.807, 2.05) is 13.8 Å². The summed E-state index contributed by atoms with van der Waals surface area (Å²) in [5, 5.41) is 3.84. The molecule has 1 unspecified atom stereocenters. The lowest BCUT2D eigenvalue weighted by Gasteiger charge is -2.19. The van der Waals surface area contributed by atoms with Gasteiger partial charge in [0.1, 0.15) is 6.10 Å². The fourth-order valence-electron chi connectivity index (χ4n) is 1.26. The molecule has 1 aliphatic heterocycles. The molecule has 1 aliphatic rings. The summed E-state index contributed by atoms with van der Waals surface area (Å²) in [6.07, 6.45) is -0.237. The quantitative estimate of drug-likeness (QED) is 0.763. The lowest BCUT2D eigenvalue weighted by atomic mass is 10.1. The Morgan fingerprint density at radius 1 is 1.40 bits per heavy atom. The minimum absolute atomic E-state index is 0.237. The number of nitrogens with zero attached hydrogens (tertiary/aromatic N) is 2. The van der Waals surface area contributed by atoms with Gasteiger partial charge in [-0.1, -0.05) is 5.16 Å². The standard InChI is InChI=1S/C9H15N3O3/c1-9(2,10)8-11-7(12-15-8)6-5-13-3-4-14-6/h6H,3-5,10H2,1-2H3. The molecular weight excluding hydrogens is 198 g/mol. The van der Waals surface area contributed by atoms with Gasteiger partial charge >= 0.3 is 0 Å². The fraction of sp³-hybridized carbons (Fsp3) is 0.778. The zero-order valence-corrected chi connectivity index (χ0v) is 8.90. The largest absolute Gasteiger partial charge is 0.376 e. The molecule has 1 aromatic heterocycles. The van der Waals surface area contributed by atoms with E-state index in [-0.39, 0.29) is 6.10 Å². The second-order valence-electron chi connectivity index (χ2n) is 4.11. The first-order valence-corrected chi connectivity index (χ1v) is 4.89. The average molecular weight is 213 g/mol. The summed E-state index contributed by atoms with van der Waals surface area (Å²) in [5.74, 6) is 0.912. The van der Waals surface area contributed by atoms with Crippen molar-refractivity contribution in [1.29, 1.82) is 0 Å². The number of hydrogen-bond acceptors (Lipinski definition) is 6. The smallest absolute Gasteiger partial charge is 0.246 e. The van der Waals surface area contributed by atoms with Gasteiger partial charge in [0.2, 0.25) is 11.7 Å². The average Bonchev–Trinajstić information content (AvgIpc) is 2.67. The van der Waals surface area contributed by atoms with Crippen molar-refractivity contribution in [1.82, 2.24) is 10.1 Å².